The van der Waals surface area contributed by atoms with Crippen molar-refractivity contribution in [3.05, 3.63) is 57.6 Å². The molecule has 1 N–H and O–H groups in total. The molecule has 0 unspecified atom stereocenters. The van der Waals surface area contributed by atoms with E-state index in [1.54, 1.807) is 18.2 Å². The molecule has 0 aliphatic rings. The number of carbonyl (C=O) groups is 2. The molecule has 0 heterocycles. The van der Waals surface area contributed by atoms with E-state index < -0.39 is 0 Å². The molecule has 0 saturated heterocycles. The number of aryl methyl sites for hydroxylation is 2. The van der Waals surface area contributed by atoms with Gasteiger partial charge in [0.2, 0.25) is 0 Å². The third kappa shape index (κ3) is 4.18. The van der Waals surface area contributed by atoms with Gasteiger partial charge >= 0.3 is 0 Å². The second kappa shape index (κ2) is 7.22. The number of nitrogens with one attached hydrogen (secondary N) is 1. The van der Waals surface area contributed by atoms with Crippen molar-refractivity contribution in [2.24, 2.45) is 0 Å². The van der Waals surface area contributed by atoms with Gasteiger partial charge in [0.15, 0.2) is 6.61 Å². The number of benzene rings is 2. The number of halogens is 1. The number of ether oxygens (including phenoxy) is 1. The highest BCUT2D eigenvalue weighted by atomic mass is 79.9. The molecule has 22 heavy (non-hydrogen) atoms. The van der Waals surface area contributed by atoms with E-state index in [4.69, 9.17) is 4.74 Å². The summed E-state index contributed by atoms with van der Waals surface area (Å²) in [5.74, 6) is 0.395. The lowest BCUT2D eigenvalue weighted by molar-refractivity contribution is -0.118. The van der Waals surface area contributed by atoms with Gasteiger partial charge < -0.3 is 10.1 Å². The predicted octanol–water partition coefficient (Wildman–Crippen LogP) is 3.90. The minimum atomic E-state index is -0.239. The molecule has 4 nitrogen and oxygen atoms in total. The van der Waals surface area contributed by atoms with Gasteiger partial charge in [-0.1, -0.05) is 22.0 Å². The normalized spacial score (nSPS) is 10.1. The molecule has 5 heteroatoms. The molecule has 2 aromatic carbocycles. The van der Waals surface area contributed by atoms with Crippen molar-refractivity contribution >= 4 is 33.8 Å². The standard InChI is InChI=1S/C17H16BrNO3/c1-11-6-13(9-20)7-12(2)17(11)22-10-16(21)19-15-5-3-4-14(18)8-15/h3-9H,10H2,1-2H3,(H,19,21). The van der Waals surface area contributed by atoms with E-state index in [1.165, 1.54) is 0 Å². The predicted molar refractivity (Wildman–Crippen MR) is 89.6 cm³/mol. The fourth-order valence-corrected chi connectivity index (χ4v) is 2.58. The van der Waals surface area contributed by atoms with Gasteiger partial charge in [-0.25, -0.2) is 0 Å². The zero-order valence-corrected chi connectivity index (χ0v) is 13.9. The van der Waals surface area contributed by atoms with Gasteiger partial charge in [0, 0.05) is 15.7 Å². The fraction of sp³-hybridized carbons (Fsp3) is 0.176. The maximum atomic E-state index is 11.9. The zero-order valence-electron chi connectivity index (χ0n) is 12.4. The highest BCUT2D eigenvalue weighted by Gasteiger charge is 2.09. The van der Waals surface area contributed by atoms with Crippen molar-refractivity contribution in [3.63, 3.8) is 0 Å². The molecule has 0 bridgehead atoms. The molecule has 0 fully saturated rings. The molecule has 114 valence electrons. The summed E-state index contributed by atoms with van der Waals surface area (Å²) in [4.78, 5) is 22.7. The lowest BCUT2D eigenvalue weighted by Crippen LogP contribution is -2.20. The summed E-state index contributed by atoms with van der Waals surface area (Å²) in [6, 6.07) is 10.8. The van der Waals surface area contributed by atoms with E-state index in [1.807, 2.05) is 32.0 Å². The monoisotopic (exact) mass is 361 g/mol. The number of amides is 1. The Bertz CT molecular complexity index is 690. The van der Waals surface area contributed by atoms with Crippen molar-refractivity contribution < 1.29 is 14.3 Å². The Labute approximate surface area is 137 Å². The van der Waals surface area contributed by atoms with Crippen LogP contribution in [0.15, 0.2) is 40.9 Å². The number of hydrogen-bond donors (Lipinski definition) is 1. The maximum absolute atomic E-state index is 11.9. The maximum Gasteiger partial charge on any atom is 0.262 e. The molecule has 0 spiro atoms. The number of rotatable bonds is 5. The first-order chi connectivity index (χ1) is 10.5. The van der Waals surface area contributed by atoms with E-state index in [-0.39, 0.29) is 12.5 Å². The molecule has 0 atom stereocenters. The fourth-order valence-electron chi connectivity index (χ4n) is 2.18. The van der Waals surface area contributed by atoms with Crippen molar-refractivity contribution in [3.8, 4) is 5.75 Å². The van der Waals surface area contributed by atoms with Crippen LogP contribution in [-0.2, 0) is 4.79 Å². The SMILES string of the molecule is Cc1cc(C=O)cc(C)c1OCC(=O)Nc1cccc(Br)c1. The van der Waals surface area contributed by atoms with Gasteiger partial charge in [-0.3, -0.25) is 9.59 Å². The second-order valence-corrected chi connectivity index (χ2v) is 5.86. The minimum absolute atomic E-state index is 0.0887. The Morgan fingerprint density at radius 1 is 1.23 bits per heavy atom. The second-order valence-electron chi connectivity index (χ2n) is 4.95. The van der Waals surface area contributed by atoms with Gasteiger partial charge in [0.25, 0.3) is 5.91 Å². The highest BCUT2D eigenvalue weighted by molar-refractivity contribution is 9.10. The van der Waals surface area contributed by atoms with Crippen LogP contribution >= 0.6 is 15.9 Å². The van der Waals surface area contributed by atoms with Gasteiger partial charge in [0.1, 0.15) is 12.0 Å². The summed E-state index contributed by atoms with van der Waals surface area (Å²) < 4.78 is 6.48. The van der Waals surface area contributed by atoms with Crippen molar-refractivity contribution in [1.82, 2.24) is 0 Å². The lowest BCUT2D eigenvalue weighted by atomic mass is 10.1. The Balaban J connectivity index is 2.01. The van der Waals surface area contributed by atoms with Gasteiger partial charge in [-0.15, -0.1) is 0 Å². The summed E-state index contributed by atoms with van der Waals surface area (Å²) in [6.45, 7) is 3.61. The molecule has 0 aliphatic carbocycles. The van der Waals surface area contributed by atoms with Gasteiger partial charge in [0.05, 0.1) is 0 Å². The zero-order chi connectivity index (χ0) is 16.1. The van der Waals surface area contributed by atoms with Gasteiger partial charge in [-0.2, -0.15) is 0 Å². The quantitative estimate of drug-likeness (QED) is 0.821. The molecule has 0 saturated carbocycles. The van der Waals surface area contributed by atoms with Crippen LogP contribution in [0, 0.1) is 13.8 Å². The summed E-state index contributed by atoms with van der Waals surface area (Å²) in [5.41, 5.74) is 2.96. The van der Waals surface area contributed by atoms with E-state index in [0.29, 0.717) is 17.0 Å². The number of carbonyl (C=O) groups excluding carboxylic acids is 2. The smallest absolute Gasteiger partial charge is 0.262 e. The third-order valence-electron chi connectivity index (χ3n) is 3.07. The average molecular weight is 362 g/mol. The first-order valence-electron chi connectivity index (χ1n) is 6.74. The van der Waals surface area contributed by atoms with Gasteiger partial charge in [-0.05, 0) is 55.3 Å². The molecule has 0 aromatic heterocycles. The van der Waals surface area contributed by atoms with Crippen LogP contribution in [0.2, 0.25) is 0 Å². The van der Waals surface area contributed by atoms with E-state index in [9.17, 15) is 9.59 Å². The first-order valence-corrected chi connectivity index (χ1v) is 7.53. The Kier molecular flexibility index (Phi) is 5.33. The molecular formula is C17H16BrNO3. The molecule has 0 radical (unpaired) electrons. The van der Waals surface area contributed by atoms with E-state index in [2.05, 4.69) is 21.2 Å². The number of aldehydes is 1. The molecule has 2 aromatic rings. The molecular weight excluding hydrogens is 346 g/mol. The summed E-state index contributed by atoms with van der Waals surface area (Å²) in [6.07, 6.45) is 0.795. The molecule has 0 aliphatic heterocycles. The number of anilines is 1. The lowest BCUT2D eigenvalue weighted by Gasteiger charge is -2.13. The van der Waals surface area contributed by atoms with Crippen LogP contribution in [0.1, 0.15) is 21.5 Å². The molecule has 1 amide bonds. The average Bonchev–Trinajstić information content (AvgIpc) is 2.46. The number of hydrogen-bond acceptors (Lipinski definition) is 3. The van der Waals surface area contributed by atoms with Crippen molar-refractivity contribution in [1.29, 1.82) is 0 Å². The van der Waals surface area contributed by atoms with Crippen molar-refractivity contribution in [2.45, 2.75) is 13.8 Å². The van der Waals surface area contributed by atoms with Crippen LogP contribution in [0.5, 0.6) is 5.75 Å². The van der Waals surface area contributed by atoms with Crippen LogP contribution in [0.3, 0.4) is 0 Å². The Morgan fingerprint density at radius 3 is 2.50 bits per heavy atom. The topological polar surface area (TPSA) is 55.4 Å². The van der Waals surface area contributed by atoms with Crippen molar-refractivity contribution in [2.75, 3.05) is 11.9 Å². The first kappa shape index (κ1) is 16.2. The summed E-state index contributed by atoms with van der Waals surface area (Å²) >= 11 is 3.35. The Hall–Kier alpha value is -2.14. The third-order valence-corrected chi connectivity index (χ3v) is 3.57. The van der Waals surface area contributed by atoms with Crippen LogP contribution in [-0.4, -0.2) is 18.8 Å². The molecule has 2 rings (SSSR count). The van der Waals surface area contributed by atoms with E-state index >= 15 is 0 Å². The Morgan fingerprint density at radius 2 is 1.91 bits per heavy atom. The highest BCUT2D eigenvalue weighted by Crippen LogP contribution is 2.24. The summed E-state index contributed by atoms with van der Waals surface area (Å²) in [7, 11) is 0. The largest absolute Gasteiger partial charge is 0.483 e. The summed E-state index contributed by atoms with van der Waals surface area (Å²) in [5, 5.41) is 2.76. The van der Waals surface area contributed by atoms with E-state index in [0.717, 1.165) is 21.9 Å². The van der Waals surface area contributed by atoms with Crippen LogP contribution in [0.4, 0.5) is 5.69 Å². The minimum Gasteiger partial charge on any atom is -0.483 e. The van der Waals surface area contributed by atoms with Crippen LogP contribution < -0.4 is 10.1 Å². The van der Waals surface area contributed by atoms with Crippen LogP contribution in [0.25, 0.3) is 0 Å².